The van der Waals surface area contributed by atoms with Crippen LogP contribution in [0.2, 0.25) is 0 Å². The molecular weight excluding hydrogens is 264 g/mol. The van der Waals surface area contributed by atoms with Gasteiger partial charge in [0.05, 0.1) is 6.54 Å². The van der Waals surface area contributed by atoms with Crippen LogP contribution in [0.5, 0.6) is 0 Å². The van der Waals surface area contributed by atoms with Crippen LogP contribution in [0.1, 0.15) is 25.8 Å². The maximum atomic E-state index is 12.1. The summed E-state index contributed by atoms with van der Waals surface area (Å²) in [6.07, 6.45) is 0.752. The van der Waals surface area contributed by atoms with Gasteiger partial charge in [-0.3, -0.25) is 0 Å². The zero-order chi connectivity index (χ0) is 14.2. The standard InChI is InChI=1S/C12H18N4O2S/c1-5-6-15-7-8(17)16(11(15)18)10-14-13-9(19-10)12(2,3)4/h5,8,17H,1,6-7H2,2-4H3. The number of urea groups is 1. The number of aliphatic hydroxyl groups is 1. The Bertz CT molecular complexity index is 494. The second-order valence-corrected chi connectivity index (χ2v) is 6.42. The topological polar surface area (TPSA) is 69.6 Å². The summed E-state index contributed by atoms with van der Waals surface area (Å²) in [7, 11) is 0. The molecule has 104 valence electrons. The molecule has 1 N–H and O–H groups in total. The summed E-state index contributed by atoms with van der Waals surface area (Å²) in [4.78, 5) is 15.0. The molecule has 0 bridgehead atoms. The molecule has 0 radical (unpaired) electrons. The molecule has 6 nitrogen and oxygen atoms in total. The monoisotopic (exact) mass is 282 g/mol. The van der Waals surface area contributed by atoms with Crippen LogP contribution in [0.25, 0.3) is 0 Å². The lowest BCUT2D eigenvalue weighted by molar-refractivity contribution is 0.180. The first kappa shape index (κ1) is 14.0. The number of hydrogen-bond donors (Lipinski definition) is 1. The molecule has 1 aromatic rings. The van der Waals surface area contributed by atoms with Gasteiger partial charge in [-0.05, 0) is 0 Å². The van der Waals surface area contributed by atoms with Gasteiger partial charge in [-0.1, -0.05) is 38.2 Å². The Kier molecular flexibility index (Phi) is 3.60. The Morgan fingerprint density at radius 2 is 2.21 bits per heavy atom. The number of aromatic nitrogens is 2. The van der Waals surface area contributed by atoms with Crippen molar-refractivity contribution >= 4 is 22.5 Å². The van der Waals surface area contributed by atoms with Crippen molar-refractivity contribution in [2.24, 2.45) is 0 Å². The molecule has 2 heterocycles. The number of carbonyl (C=O) groups excluding carboxylic acids is 1. The van der Waals surface area contributed by atoms with Crippen molar-refractivity contribution in [1.29, 1.82) is 0 Å². The highest BCUT2D eigenvalue weighted by Crippen LogP contribution is 2.32. The predicted octanol–water partition coefficient (Wildman–Crippen LogP) is 1.58. The normalized spacial score (nSPS) is 20.2. The van der Waals surface area contributed by atoms with Gasteiger partial charge >= 0.3 is 6.03 Å². The SMILES string of the molecule is C=CCN1CC(O)N(c2nnc(C(C)(C)C)s2)C1=O. The maximum Gasteiger partial charge on any atom is 0.329 e. The molecule has 2 amide bonds. The van der Waals surface area contributed by atoms with Crippen molar-refractivity contribution in [3.05, 3.63) is 17.7 Å². The minimum atomic E-state index is -0.881. The molecule has 19 heavy (non-hydrogen) atoms. The van der Waals surface area contributed by atoms with Crippen LogP contribution in [-0.4, -0.2) is 45.6 Å². The molecule has 2 rings (SSSR count). The smallest absolute Gasteiger partial charge is 0.329 e. The highest BCUT2D eigenvalue weighted by atomic mass is 32.1. The molecule has 0 saturated carbocycles. The van der Waals surface area contributed by atoms with Gasteiger partial charge in [-0.15, -0.1) is 16.8 Å². The minimum absolute atomic E-state index is 0.121. The highest BCUT2D eigenvalue weighted by molar-refractivity contribution is 7.15. The Hall–Kier alpha value is -1.47. The van der Waals surface area contributed by atoms with Crippen LogP contribution < -0.4 is 4.90 Å². The lowest BCUT2D eigenvalue weighted by Gasteiger charge is -2.16. The van der Waals surface area contributed by atoms with Crippen molar-refractivity contribution in [3.8, 4) is 0 Å². The van der Waals surface area contributed by atoms with Gasteiger partial charge in [0.1, 0.15) is 5.01 Å². The van der Waals surface area contributed by atoms with Crippen LogP contribution in [0.3, 0.4) is 0 Å². The zero-order valence-electron chi connectivity index (χ0n) is 11.3. The summed E-state index contributed by atoms with van der Waals surface area (Å²) in [5.74, 6) is 0. The van der Waals surface area contributed by atoms with E-state index in [1.54, 1.807) is 6.08 Å². The first-order chi connectivity index (χ1) is 8.84. The fourth-order valence-electron chi connectivity index (χ4n) is 1.77. The quantitative estimate of drug-likeness (QED) is 0.855. The van der Waals surface area contributed by atoms with E-state index in [1.165, 1.54) is 21.1 Å². The molecular formula is C12H18N4O2S. The minimum Gasteiger partial charge on any atom is -0.371 e. The number of β-amino-alcohol motifs (C(OH)–C–C–N with tert-alkyl or cyclic N) is 1. The summed E-state index contributed by atoms with van der Waals surface area (Å²) in [6, 6.07) is -0.260. The molecule has 1 unspecified atom stereocenters. The fraction of sp³-hybridized carbons (Fsp3) is 0.583. The number of amides is 2. The van der Waals surface area contributed by atoms with Crippen molar-refractivity contribution < 1.29 is 9.90 Å². The average molecular weight is 282 g/mol. The Labute approximate surface area is 116 Å². The van der Waals surface area contributed by atoms with E-state index in [1.807, 2.05) is 20.8 Å². The van der Waals surface area contributed by atoms with Gasteiger partial charge in [0.2, 0.25) is 5.13 Å². The van der Waals surface area contributed by atoms with E-state index in [9.17, 15) is 9.90 Å². The molecule has 0 spiro atoms. The molecule has 0 aromatic carbocycles. The van der Waals surface area contributed by atoms with E-state index in [2.05, 4.69) is 16.8 Å². The number of rotatable bonds is 3. The molecule has 0 aliphatic carbocycles. The third kappa shape index (κ3) is 2.62. The van der Waals surface area contributed by atoms with Crippen molar-refractivity contribution in [3.63, 3.8) is 0 Å². The third-order valence-corrected chi connectivity index (χ3v) is 4.12. The first-order valence-corrected chi connectivity index (χ1v) is 6.87. The summed E-state index contributed by atoms with van der Waals surface area (Å²) in [5, 5.41) is 19.4. The lowest BCUT2D eigenvalue weighted by Crippen LogP contribution is -2.34. The molecule has 1 atom stereocenters. The van der Waals surface area contributed by atoms with E-state index < -0.39 is 6.23 Å². The van der Waals surface area contributed by atoms with Crippen LogP contribution in [0.15, 0.2) is 12.7 Å². The number of nitrogens with zero attached hydrogens (tertiary/aromatic N) is 4. The second-order valence-electron chi connectivity index (χ2n) is 5.47. The number of carbonyl (C=O) groups is 1. The van der Waals surface area contributed by atoms with Gasteiger partial charge in [-0.2, -0.15) is 0 Å². The van der Waals surface area contributed by atoms with E-state index in [0.29, 0.717) is 11.7 Å². The third-order valence-electron chi connectivity index (χ3n) is 2.77. The second kappa shape index (κ2) is 4.90. The first-order valence-electron chi connectivity index (χ1n) is 6.05. The van der Waals surface area contributed by atoms with E-state index in [-0.39, 0.29) is 18.0 Å². The van der Waals surface area contributed by atoms with E-state index >= 15 is 0 Å². The molecule has 1 saturated heterocycles. The number of hydrogen-bond acceptors (Lipinski definition) is 5. The summed E-state index contributed by atoms with van der Waals surface area (Å²) in [6.45, 7) is 10.4. The van der Waals surface area contributed by atoms with E-state index in [0.717, 1.165) is 5.01 Å². The summed E-state index contributed by atoms with van der Waals surface area (Å²) >= 11 is 1.34. The largest absolute Gasteiger partial charge is 0.371 e. The van der Waals surface area contributed by atoms with Gasteiger partial charge in [0.25, 0.3) is 0 Å². The maximum absolute atomic E-state index is 12.1. The Morgan fingerprint density at radius 3 is 2.74 bits per heavy atom. The van der Waals surface area contributed by atoms with Gasteiger partial charge in [0, 0.05) is 12.0 Å². The van der Waals surface area contributed by atoms with Crippen LogP contribution in [0, 0.1) is 0 Å². The number of anilines is 1. The van der Waals surface area contributed by atoms with Crippen molar-refractivity contribution in [1.82, 2.24) is 15.1 Å². The van der Waals surface area contributed by atoms with Crippen molar-refractivity contribution in [2.75, 3.05) is 18.0 Å². The molecule has 1 aliphatic rings. The van der Waals surface area contributed by atoms with E-state index in [4.69, 9.17) is 0 Å². The highest BCUT2D eigenvalue weighted by Gasteiger charge is 2.39. The Balaban J connectivity index is 2.24. The van der Waals surface area contributed by atoms with Crippen LogP contribution in [-0.2, 0) is 5.41 Å². The Morgan fingerprint density at radius 1 is 1.53 bits per heavy atom. The van der Waals surface area contributed by atoms with Crippen LogP contribution in [0.4, 0.5) is 9.93 Å². The summed E-state index contributed by atoms with van der Waals surface area (Å²) < 4.78 is 0. The fourth-order valence-corrected chi connectivity index (χ4v) is 2.71. The lowest BCUT2D eigenvalue weighted by atomic mass is 9.98. The van der Waals surface area contributed by atoms with Gasteiger partial charge in [-0.25, -0.2) is 9.69 Å². The average Bonchev–Trinajstić information content (AvgIpc) is 2.85. The molecule has 1 fully saturated rings. The zero-order valence-corrected chi connectivity index (χ0v) is 12.1. The molecule has 1 aromatic heterocycles. The van der Waals surface area contributed by atoms with Gasteiger partial charge in [0.15, 0.2) is 6.23 Å². The molecule has 1 aliphatic heterocycles. The number of aliphatic hydroxyl groups excluding tert-OH is 1. The van der Waals surface area contributed by atoms with Crippen LogP contribution >= 0.6 is 11.3 Å². The molecule has 7 heteroatoms. The van der Waals surface area contributed by atoms with Crippen molar-refractivity contribution in [2.45, 2.75) is 32.4 Å². The predicted molar refractivity (Wildman–Crippen MR) is 74.3 cm³/mol. The summed E-state index contributed by atoms with van der Waals surface area (Å²) in [5.41, 5.74) is -0.121. The van der Waals surface area contributed by atoms with Gasteiger partial charge < -0.3 is 10.0 Å².